The van der Waals surface area contributed by atoms with Gasteiger partial charge in [0.2, 0.25) is 0 Å². The fourth-order valence-corrected chi connectivity index (χ4v) is 1.92. The Morgan fingerprint density at radius 1 is 0.842 bits per heavy atom. The SMILES string of the molecule is CCCCCCCC/C(C(=O)OC)=C(\C)C(=O)OC. The topological polar surface area (TPSA) is 52.6 Å². The molecule has 0 aliphatic rings. The van der Waals surface area contributed by atoms with Gasteiger partial charge in [-0.1, -0.05) is 39.0 Å². The van der Waals surface area contributed by atoms with Gasteiger partial charge < -0.3 is 9.47 Å². The molecule has 0 bridgehead atoms. The highest BCUT2D eigenvalue weighted by molar-refractivity contribution is 5.99. The van der Waals surface area contributed by atoms with Crippen LogP contribution in [0.1, 0.15) is 58.8 Å². The number of carbonyl (C=O) groups is 2. The van der Waals surface area contributed by atoms with E-state index in [0.29, 0.717) is 17.6 Å². The number of esters is 2. The Bertz CT molecular complexity index is 318. The molecule has 0 aromatic carbocycles. The lowest BCUT2D eigenvalue weighted by Crippen LogP contribution is -2.13. The third kappa shape index (κ3) is 6.99. The van der Waals surface area contributed by atoms with E-state index in [9.17, 15) is 9.59 Å². The van der Waals surface area contributed by atoms with E-state index in [1.807, 2.05) is 0 Å². The molecule has 0 saturated heterocycles. The molecule has 0 spiro atoms. The number of methoxy groups -OCH3 is 2. The molecule has 0 heterocycles. The summed E-state index contributed by atoms with van der Waals surface area (Å²) < 4.78 is 9.36. The van der Waals surface area contributed by atoms with E-state index >= 15 is 0 Å². The van der Waals surface area contributed by atoms with Crippen molar-refractivity contribution in [2.24, 2.45) is 0 Å². The highest BCUT2D eigenvalue weighted by Crippen LogP contribution is 2.17. The summed E-state index contributed by atoms with van der Waals surface area (Å²) in [4.78, 5) is 23.1. The summed E-state index contributed by atoms with van der Waals surface area (Å²) in [5, 5.41) is 0. The van der Waals surface area contributed by atoms with E-state index in [0.717, 1.165) is 12.8 Å². The smallest absolute Gasteiger partial charge is 0.334 e. The second-order valence-electron chi connectivity index (χ2n) is 4.60. The van der Waals surface area contributed by atoms with Crippen molar-refractivity contribution in [2.75, 3.05) is 14.2 Å². The number of carbonyl (C=O) groups excluding carboxylic acids is 2. The summed E-state index contributed by atoms with van der Waals surface area (Å²) in [6, 6.07) is 0. The van der Waals surface area contributed by atoms with Crippen LogP contribution in [0.4, 0.5) is 0 Å². The predicted molar refractivity (Wildman–Crippen MR) is 74.7 cm³/mol. The maximum atomic E-state index is 11.7. The molecule has 0 radical (unpaired) electrons. The van der Waals surface area contributed by atoms with Gasteiger partial charge in [0, 0.05) is 11.1 Å². The van der Waals surface area contributed by atoms with Crippen molar-refractivity contribution in [2.45, 2.75) is 58.8 Å². The molecule has 19 heavy (non-hydrogen) atoms. The lowest BCUT2D eigenvalue weighted by molar-refractivity contribution is -0.139. The summed E-state index contributed by atoms with van der Waals surface area (Å²) in [7, 11) is 2.64. The first-order chi connectivity index (χ1) is 9.08. The molecule has 110 valence electrons. The van der Waals surface area contributed by atoms with Crippen molar-refractivity contribution in [1.82, 2.24) is 0 Å². The molecule has 0 saturated carbocycles. The number of hydrogen-bond acceptors (Lipinski definition) is 4. The zero-order chi connectivity index (χ0) is 14.7. The molecule has 0 aliphatic carbocycles. The molecule has 0 aliphatic heterocycles. The molecule has 0 fully saturated rings. The molecule has 0 unspecified atom stereocenters. The van der Waals surface area contributed by atoms with Crippen LogP contribution in [0.5, 0.6) is 0 Å². The lowest BCUT2D eigenvalue weighted by Gasteiger charge is -2.09. The van der Waals surface area contributed by atoms with E-state index in [2.05, 4.69) is 11.7 Å². The molecule has 0 aromatic heterocycles. The normalized spacial score (nSPS) is 11.8. The van der Waals surface area contributed by atoms with Gasteiger partial charge >= 0.3 is 11.9 Å². The van der Waals surface area contributed by atoms with Crippen molar-refractivity contribution in [3.05, 3.63) is 11.1 Å². The van der Waals surface area contributed by atoms with Crippen molar-refractivity contribution in [3.63, 3.8) is 0 Å². The van der Waals surface area contributed by atoms with Gasteiger partial charge in [-0.2, -0.15) is 0 Å². The van der Waals surface area contributed by atoms with E-state index in [4.69, 9.17) is 4.74 Å². The molecule has 0 rings (SSSR count). The Hall–Kier alpha value is -1.32. The first-order valence-electron chi connectivity index (χ1n) is 6.94. The molecule has 0 aromatic rings. The summed E-state index contributed by atoms with van der Waals surface area (Å²) in [6.07, 6.45) is 7.39. The van der Waals surface area contributed by atoms with Crippen molar-refractivity contribution in [1.29, 1.82) is 0 Å². The van der Waals surface area contributed by atoms with Crippen LogP contribution < -0.4 is 0 Å². The average molecular weight is 270 g/mol. The van der Waals surface area contributed by atoms with Gasteiger partial charge in [-0.3, -0.25) is 0 Å². The first kappa shape index (κ1) is 17.7. The zero-order valence-corrected chi connectivity index (χ0v) is 12.6. The second kappa shape index (κ2) is 10.6. The maximum absolute atomic E-state index is 11.7. The van der Waals surface area contributed by atoms with Gasteiger partial charge in [-0.15, -0.1) is 0 Å². The molecule has 0 N–H and O–H groups in total. The third-order valence-electron chi connectivity index (χ3n) is 3.16. The number of unbranched alkanes of at least 4 members (excludes halogenated alkanes) is 5. The molecule has 0 amide bonds. The Morgan fingerprint density at radius 2 is 1.37 bits per heavy atom. The monoisotopic (exact) mass is 270 g/mol. The van der Waals surface area contributed by atoms with Crippen LogP contribution in [0, 0.1) is 0 Å². The summed E-state index contributed by atoms with van der Waals surface area (Å²) in [5.41, 5.74) is 0.785. The second-order valence-corrected chi connectivity index (χ2v) is 4.60. The van der Waals surface area contributed by atoms with Crippen LogP contribution in [0.3, 0.4) is 0 Å². The van der Waals surface area contributed by atoms with Crippen LogP contribution in [-0.2, 0) is 19.1 Å². The summed E-state index contributed by atoms with van der Waals surface area (Å²) in [6.45, 7) is 3.78. The van der Waals surface area contributed by atoms with E-state index in [1.165, 1.54) is 39.9 Å². The van der Waals surface area contributed by atoms with Crippen LogP contribution in [0.15, 0.2) is 11.1 Å². The Balaban J connectivity index is 4.38. The third-order valence-corrected chi connectivity index (χ3v) is 3.16. The molecule has 4 heteroatoms. The van der Waals surface area contributed by atoms with Crippen molar-refractivity contribution in [3.8, 4) is 0 Å². The highest BCUT2D eigenvalue weighted by Gasteiger charge is 2.18. The fraction of sp³-hybridized carbons (Fsp3) is 0.733. The average Bonchev–Trinajstić information content (AvgIpc) is 2.44. The molecule has 4 nitrogen and oxygen atoms in total. The van der Waals surface area contributed by atoms with Gasteiger partial charge in [0.25, 0.3) is 0 Å². The molecular formula is C15H26O4. The van der Waals surface area contributed by atoms with E-state index < -0.39 is 11.9 Å². The highest BCUT2D eigenvalue weighted by atomic mass is 16.5. The minimum atomic E-state index is -0.466. The maximum Gasteiger partial charge on any atom is 0.334 e. The largest absolute Gasteiger partial charge is 0.466 e. The van der Waals surface area contributed by atoms with E-state index in [-0.39, 0.29) is 0 Å². The Labute approximate surface area is 116 Å². The van der Waals surface area contributed by atoms with Gasteiger partial charge in [-0.25, -0.2) is 9.59 Å². The molecular weight excluding hydrogens is 244 g/mol. The predicted octanol–water partition coefficient (Wildman–Crippen LogP) is 3.40. The summed E-state index contributed by atoms with van der Waals surface area (Å²) >= 11 is 0. The quantitative estimate of drug-likeness (QED) is 0.366. The van der Waals surface area contributed by atoms with Crippen LogP contribution >= 0.6 is 0 Å². The van der Waals surface area contributed by atoms with Crippen LogP contribution in [-0.4, -0.2) is 26.2 Å². The van der Waals surface area contributed by atoms with E-state index in [1.54, 1.807) is 6.92 Å². The Kier molecular flexibility index (Phi) is 9.85. The van der Waals surface area contributed by atoms with Crippen molar-refractivity contribution < 1.29 is 19.1 Å². The van der Waals surface area contributed by atoms with Gasteiger partial charge in [-0.05, 0) is 19.8 Å². The zero-order valence-electron chi connectivity index (χ0n) is 12.6. The standard InChI is InChI=1S/C15H26O4/c1-5-6-7-8-9-10-11-13(15(17)19-4)12(2)14(16)18-3/h5-11H2,1-4H3/b13-12-. The van der Waals surface area contributed by atoms with Gasteiger partial charge in [0.1, 0.15) is 0 Å². The summed E-state index contributed by atoms with van der Waals surface area (Å²) in [5.74, 6) is -0.900. The Morgan fingerprint density at radius 3 is 1.89 bits per heavy atom. The minimum absolute atomic E-state index is 0.350. The number of ether oxygens (including phenoxy) is 2. The van der Waals surface area contributed by atoms with Gasteiger partial charge in [0.05, 0.1) is 14.2 Å². The number of hydrogen-bond donors (Lipinski definition) is 0. The minimum Gasteiger partial charge on any atom is -0.466 e. The number of rotatable bonds is 9. The first-order valence-corrected chi connectivity index (χ1v) is 6.94. The lowest BCUT2D eigenvalue weighted by atomic mass is 10.0. The van der Waals surface area contributed by atoms with Crippen LogP contribution in [0.25, 0.3) is 0 Å². The van der Waals surface area contributed by atoms with Gasteiger partial charge in [0.15, 0.2) is 0 Å². The fourth-order valence-electron chi connectivity index (χ4n) is 1.92. The molecule has 0 atom stereocenters. The van der Waals surface area contributed by atoms with Crippen molar-refractivity contribution >= 4 is 11.9 Å². The van der Waals surface area contributed by atoms with Crippen LogP contribution in [0.2, 0.25) is 0 Å².